The number of fused-ring (bicyclic) bond motifs is 1. The Hall–Kier alpha value is -1.58. The molecule has 2 nitrogen and oxygen atoms in total. The van der Waals surface area contributed by atoms with Crippen molar-refractivity contribution in [3.8, 4) is 0 Å². The van der Waals surface area contributed by atoms with Crippen molar-refractivity contribution in [3.05, 3.63) is 57.1 Å². The Morgan fingerprint density at radius 3 is 2.57 bits per heavy atom. The molecule has 0 spiro atoms. The third-order valence-electron chi connectivity index (χ3n) is 3.73. The highest BCUT2D eigenvalue weighted by atomic mass is 35.5. The van der Waals surface area contributed by atoms with Crippen LogP contribution in [-0.2, 0) is 6.54 Å². The Morgan fingerprint density at radius 2 is 1.86 bits per heavy atom. The summed E-state index contributed by atoms with van der Waals surface area (Å²) >= 11 is 7.96. The standard InChI is InChI=1S/C17H17ClN2S/c1-10-6-11(2)13(12(3)7-10)8-19-16-14(18)4-5-15-17(16)20-9-21-15/h4-7,9,19H,8H2,1-3H3. The van der Waals surface area contributed by atoms with Crippen LogP contribution in [0.2, 0.25) is 5.02 Å². The van der Waals surface area contributed by atoms with Gasteiger partial charge < -0.3 is 5.32 Å². The first kappa shape index (κ1) is 14.4. The maximum atomic E-state index is 6.33. The number of aryl methyl sites for hydroxylation is 3. The molecule has 3 rings (SSSR count). The van der Waals surface area contributed by atoms with Gasteiger partial charge in [-0.05, 0) is 49.6 Å². The first-order valence-corrected chi connectivity index (χ1v) is 8.14. The summed E-state index contributed by atoms with van der Waals surface area (Å²) in [5, 5.41) is 4.19. The minimum Gasteiger partial charge on any atom is -0.378 e. The van der Waals surface area contributed by atoms with E-state index in [-0.39, 0.29) is 0 Å². The van der Waals surface area contributed by atoms with Crippen LogP contribution in [0.25, 0.3) is 10.2 Å². The van der Waals surface area contributed by atoms with Crippen molar-refractivity contribution in [1.29, 1.82) is 0 Å². The van der Waals surface area contributed by atoms with Gasteiger partial charge in [0.2, 0.25) is 0 Å². The Balaban J connectivity index is 1.94. The van der Waals surface area contributed by atoms with Crippen LogP contribution in [0.4, 0.5) is 5.69 Å². The summed E-state index contributed by atoms with van der Waals surface area (Å²) in [6.45, 7) is 7.20. The van der Waals surface area contributed by atoms with E-state index in [4.69, 9.17) is 11.6 Å². The van der Waals surface area contributed by atoms with Gasteiger partial charge in [0.1, 0.15) is 5.52 Å². The largest absolute Gasteiger partial charge is 0.378 e. The molecule has 3 aromatic rings. The third kappa shape index (κ3) is 2.76. The van der Waals surface area contributed by atoms with E-state index in [0.29, 0.717) is 0 Å². The van der Waals surface area contributed by atoms with Crippen LogP contribution < -0.4 is 5.32 Å². The summed E-state index contributed by atoms with van der Waals surface area (Å²) in [7, 11) is 0. The van der Waals surface area contributed by atoms with Crippen LogP contribution in [0.15, 0.2) is 29.8 Å². The molecule has 2 aromatic carbocycles. The van der Waals surface area contributed by atoms with E-state index in [0.717, 1.165) is 27.5 Å². The topological polar surface area (TPSA) is 24.9 Å². The van der Waals surface area contributed by atoms with Gasteiger partial charge in [-0.1, -0.05) is 29.3 Å². The first-order chi connectivity index (χ1) is 10.1. The van der Waals surface area contributed by atoms with Crippen molar-refractivity contribution in [3.63, 3.8) is 0 Å². The second-order valence-corrected chi connectivity index (χ2v) is 6.65. The van der Waals surface area contributed by atoms with Crippen LogP contribution >= 0.6 is 22.9 Å². The van der Waals surface area contributed by atoms with Gasteiger partial charge in [0.15, 0.2) is 0 Å². The monoisotopic (exact) mass is 316 g/mol. The van der Waals surface area contributed by atoms with E-state index < -0.39 is 0 Å². The molecule has 0 bridgehead atoms. The fraction of sp³-hybridized carbons (Fsp3) is 0.235. The number of benzene rings is 2. The fourth-order valence-corrected chi connectivity index (χ4v) is 3.64. The molecule has 0 saturated heterocycles. The van der Waals surface area contributed by atoms with Gasteiger partial charge in [0, 0.05) is 6.54 Å². The van der Waals surface area contributed by atoms with Crippen molar-refractivity contribution in [1.82, 2.24) is 4.98 Å². The maximum absolute atomic E-state index is 6.33. The molecule has 0 amide bonds. The molecule has 0 saturated carbocycles. The fourth-order valence-electron chi connectivity index (χ4n) is 2.74. The highest BCUT2D eigenvalue weighted by Gasteiger charge is 2.10. The molecular weight excluding hydrogens is 300 g/mol. The van der Waals surface area contributed by atoms with Gasteiger partial charge >= 0.3 is 0 Å². The summed E-state index contributed by atoms with van der Waals surface area (Å²) < 4.78 is 1.15. The Kier molecular flexibility index (Phi) is 3.87. The average molecular weight is 317 g/mol. The number of thiazole rings is 1. The van der Waals surface area contributed by atoms with Crippen LogP contribution in [0.1, 0.15) is 22.3 Å². The number of halogens is 1. The Bertz CT molecular complexity index is 785. The number of nitrogens with zero attached hydrogens (tertiary/aromatic N) is 1. The zero-order chi connectivity index (χ0) is 15.0. The minimum absolute atomic E-state index is 0.718. The molecule has 0 atom stereocenters. The lowest BCUT2D eigenvalue weighted by Gasteiger charge is -2.14. The number of anilines is 1. The molecule has 0 aliphatic rings. The molecule has 1 N–H and O–H groups in total. The molecule has 4 heteroatoms. The van der Waals surface area contributed by atoms with Gasteiger partial charge in [-0.25, -0.2) is 4.98 Å². The SMILES string of the molecule is Cc1cc(C)c(CNc2c(Cl)ccc3scnc23)c(C)c1. The molecule has 0 radical (unpaired) electrons. The van der Waals surface area contributed by atoms with E-state index in [1.165, 1.54) is 22.3 Å². The van der Waals surface area contributed by atoms with Gasteiger partial charge in [-0.3, -0.25) is 0 Å². The van der Waals surface area contributed by atoms with E-state index in [9.17, 15) is 0 Å². The van der Waals surface area contributed by atoms with E-state index in [1.807, 2.05) is 17.6 Å². The van der Waals surface area contributed by atoms with E-state index >= 15 is 0 Å². The summed E-state index contributed by atoms with van der Waals surface area (Å²) in [5.74, 6) is 0. The van der Waals surface area contributed by atoms with Crippen LogP contribution in [-0.4, -0.2) is 4.98 Å². The van der Waals surface area contributed by atoms with Crippen molar-refractivity contribution < 1.29 is 0 Å². The maximum Gasteiger partial charge on any atom is 0.106 e. The molecule has 0 aliphatic carbocycles. The lowest BCUT2D eigenvalue weighted by molar-refractivity contribution is 1.08. The van der Waals surface area contributed by atoms with Crippen molar-refractivity contribution in [2.45, 2.75) is 27.3 Å². The number of hydrogen-bond donors (Lipinski definition) is 1. The molecule has 0 fully saturated rings. The Labute approximate surface area is 133 Å². The number of rotatable bonds is 3. The molecule has 0 unspecified atom stereocenters. The summed E-state index contributed by atoms with van der Waals surface area (Å²) in [5.41, 5.74) is 8.97. The van der Waals surface area contributed by atoms with Gasteiger partial charge in [0.05, 0.1) is 20.9 Å². The zero-order valence-corrected chi connectivity index (χ0v) is 13.9. The summed E-state index contributed by atoms with van der Waals surface area (Å²) in [6, 6.07) is 8.38. The molecule has 1 aromatic heterocycles. The van der Waals surface area contributed by atoms with Crippen LogP contribution in [0.5, 0.6) is 0 Å². The minimum atomic E-state index is 0.718. The molecule has 0 aliphatic heterocycles. The lowest BCUT2D eigenvalue weighted by Crippen LogP contribution is -2.05. The second-order valence-electron chi connectivity index (χ2n) is 5.35. The average Bonchev–Trinajstić information content (AvgIpc) is 2.88. The van der Waals surface area contributed by atoms with Gasteiger partial charge in [0.25, 0.3) is 0 Å². The van der Waals surface area contributed by atoms with Crippen LogP contribution in [0, 0.1) is 20.8 Å². The van der Waals surface area contributed by atoms with Crippen LogP contribution in [0.3, 0.4) is 0 Å². The van der Waals surface area contributed by atoms with E-state index in [2.05, 4.69) is 43.2 Å². The molecule has 108 valence electrons. The van der Waals surface area contributed by atoms with E-state index in [1.54, 1.807) is 11.3 Å². The lowest BCUT2D eigenvalue weighted by atomic mass is 10.00. The smallest absolute Gasteiger partial charge is 0.106 e. The predicted octanol–water partition coefficient (Wildman–Crippen LogP) is 5.49. The molecular formula is C17H17ClN2S. The highest BCUT2D eigenvalue weighted by molar-refractivity contribution is 7.16. The molecule has 1 heterocycles. The summed E-state index contributed by atoms with van der Waals surface area (Å²) in [4.78, 5) is 4.42. The quantitative estimate of drug-likeness (QED) is 0.691. The van der Waals surface area contributed by atoms with Crippen molar-refractivity contribution >= 4 is 38.8 Å². The van der Waals surface area contributed by atoms with Crippen molar-refractivity contribution in [2.24, 2.45) is 0 Å². The van der Waals surface area contributed by atoms with Crippen molar-refractivity contribution in [2.75, 3.05) is 5.32 Å². The summed E-state index contributed by atoms with van der Waals surface area (Å²) in [6.07, 6.45) is 0. The zero-order valence-electron chi connectivity index (χ0n) is 12.3. The number of aromatic nitrogens is 1. The second kappa shape index (κ2) is 5.66. The highest BCUT2D eigenvalue weighted by Crippen LogP contribution is 2.33. The Morgan fingerprint density at radius 1 is 1.14 bits per heavy atom. The molecule has 21 heavy (non-hydrogen) atoms. The third-order valence-corrected chi connectivity index (χ3v) is 4.84. The first-order valence-electron chi connectivity index (χ1n) is 6.88. The predicted molar refractivity (Wildman–Crippen MR) is 92.6 cm³/mol. The van der Waals surface area contributed by atoms with Gasteiger partial charge in [-0.2, -0.15) is 0 Å². The normalized spacial score (nSPS) is 11.0. The number of hydrogen-bond acceptors (Lipinski definition) is 3. The van der Waals surface area contributed by atoms with Gasteiger partial charge in [-0.15, -0.1) is 11.3 Å². The number of nitrogens with one attached hydrogen (secondary N) is 1.